The van der Waals surface area contributed by atoms with E-state index in [0.29, 0.717) is 44.2 Å². The van der Waals surface area contributed by atoms with Gasteiger partial charge in [0.2, 0.25) is 0 Å². The molecule has 0 aliphatic carbocycles. The van der Waals surface area contributed by atoms with Gasteiger partial charge in [0, 0.05) is 49.7 Å². The van der Waals surface area contributed by atoms with Gasteiger partial charge in [0.15, 0.2) is 0 Å². The van der Waals surface area contributed by atoms with Crippen molar-refractivity contribution in [2.45, 2.75) is 13.1 Å². The van der Waals surface area contributed by atoms with E-state index in [4.69, 9.17) is 10.5 Å². The van der Waals surface area contributed by atoms with Crippen LogP contribution in [-0.2, 0) is 0 Å². The van der Waals surface area contributed by atoms with Gasteiger partial charge in [-0.1, -0.05) is 0 Å². The number of alkyl halides is 3. The Morgan fingerprint density at radius 1 is 1.14 bits per heavy atom. The molecule has 21 heavy (non-hydrogen) atoms. The van der Waals surface area contributed by atoms with Crippen LogP contribution in [0.25, 0.3) is 0 Å². The molecule has 0 radical (unpaired) electrons. The van der Waals surface area contributed by atoms with E-state index in [-0.39, 0.29) is 0 Å². The van der Waals surface area contributed by atoms with Crippen molar-refractivity contribution in [3.63, 3.8) is 0 Å². The van der Waals surface area contributed by atoms with E-state index >= 15 is 0 Å². The molecule has 1 aromatic rings. The number of nitrogens with zero attached hydrogens (tertiary/aromatic N) is 2. The van der Waals surface area contributed by atoms with E-state index in [1.54, 1.807) is 6.07 Å². The maximum absolute atomic E-state index is 12.4. The largest absolute Gasteiger partial charge is 0.494 e. The van der Waals surface area contributed by atoms with E-state index in [9.17, 15) is 13.2 Å². The van der Waals surface area contributed by atoms with E-state index in [2.05, 4.69) is 0 Å². The minimum absolute atomic E-state index is 0.387. The van der Waals surface area contributed by atoms with Gasteiger partial charge >= 0.3 is 6.18 Å². The number of ether oxygens (including phenoxy) is 1. The molecule has 1 heterocycles. The van der Waals surface area contributed by atoms with Crippen molar-refractivity contribution < 1.29 is 17.9 Å². The molecule has 0 atom stereocenters. The maximum atomic E-state index is 12.4. The third-order valence-electron chi connectivity index (χ3n) is 3.36. The Morgan fingerprint density at radius 2 is 1.81 bits per heavy atom. The third-order valence-corrected chi connectivity index (χ3v) is 3.36. The van der Waals surface area contributed by atoms with Gasteiger partial charge < -0.3 is 15.4 Å². The molecular formula is C14H20F3N3O. The summed E-state index contributed by atoms with van der Waals surface area (Å²) < 4.78 is 42.5. The number of halogens is 3. The van der Waals surface area contributed by atoms with Gasteiger partial charge in [0.1, 0.15) is 5.75 Å². The monoisotopic (exact) mass is 303 g/mol. The Morgan fingerprint density at radius 3 is 2.38 bits per heavy atom. The Labute approximate surface area is 122 Å². The second-order valence-corrected chi connectivity index (χ2v) is 5.07. The summed E-state index contributed by atoms with van der Waals surface area (Å²) >= 11 is 0. The molecule has 0 saturated carbocycles. The van der Waals surface area contributed by atoms with Crippen molar-refractivity contribution in [2.75, 3.05) is 50.0 Å². The molecule has 0 amide bonds. The smallest absolute Gasteiger partial charge is 0.401 e. The fourth-order valence-electron chi connectivity index (χ4n) is 2.46. The van der Waals surface area contributed by atoms with Crippen LogP contribution < -0.4 is 15.4 Å². The standard InChI is InChI=1S/C14H20F3N3O/c1-2-21-13-8-11(18)7-12(9-13)20-5-3-19(4-6-20)10-14(15,16)17/h7-9H,2-6,10,18H2,1H3. The van der Waals surface area contributed by atoms with Crippen molar-refractivity contribution in [2.24, 2.45) is 0 Å². The van der Waals surface area contributed by atoms with Crippen molar-refractivity contribution in [3.8, 4) is 5.75 Å². The van der Waals surface area contributed by atoms with Crippen molar-refractivity contribution >= 4 is 11.4 Å². The lowest BCUT2D eigenvalue weighted by molar-refractivity contribution is -0.146. The molecule has 4 nitrogen and oxygen atoms in total. The molecule has 0 spiro atoms. The van der Waals surface area contributed by atoms with Gasteiger partial charge in [0.05, 0.1) is 13.2 Å². The highest BCUT2D eigenvalue weighted by atomic mass is 19.4. The zero-order valence-electron chi connectivity index (χ0n) is 12.0. The predicted molar refractivity (Wildman–Crippen MR) is 76.7 cm³/mol. The predicted octanol–water partition coefficient (Wildman–Crippen LogP) is 2.35. The number of hydrogen-bond acceptors (Lipinski definition) is 4. The van der Waals surface area contributed by atoms with Crippen molar-refractivity contribution in [1.82, 2.24) is 4.90 Å². The molecule has 2 rings (SSSR count). The number of piperazine rings is 1. The Bertz CT molecular complexity index is 471. The normalized spacial score (nSPS) is 17.0. The summed E-state index contributed by atoms with van der Waals surface area (Å²) in [7, 11) is 0. The van der Waals surface area contributed by atoms with Crippen LogP contribution in [0.15, 0.2) is 18.2 Å². The summed E-state index contributed by atoms with van der Waals surface area (Å²) in [5, 5.41) is 0. The van der Waals surface area contributed by atoms with Crippen LogP contribution in [0.2, 0.25) is 0 Å². The number of hydrogen-bond donors (Lipinski definition) is 1. The minimum Gasteiger partial charge on any atom is -0.494 e. The Balaban J connectivity index is 1.98. The fraction of sp³-hybridized carbons (Fsp3) is 0.571. The average Bonchev–Trinajstić information content (AvgIpc) is 2.37. The highest BCUT2D eigenvalue weighted by molar-refractivity contribution is 5.60. The van der Waals surface area contributed by atoms with Crippen LogP contribution in [0.1, 0.15) is 6.92 Å². The van der Waals surface area contributed by atoms with E-state index in [0.717, 1.165) is 5.69 Å². The number of rotatable bonds is 4. The zero-order chi connectivity index (χ0) is 15.5. The van der Waals surface area contributed by atoms with Crippen LogP contribution in [0.3, 0.4) is 0 Å². The van der Waals surface area contributed by atoms with Crippen LogP contribution >= 0.6 is 0 Å². The minimum atomic E-state index is -4.14. The molecule has 1 aliphatic heterocycles. The van der Waals surface area contributed by atoms with Gasteiger partial charge in [-0.2, -0.15) is 13.2 Å². The topological polar surface area (TPSA) is 41.7 Å². The first-order valence-corrected chi connectivity index (χ1v) is 6.95. The lowest BCUT2D eigenvalue weighted by Gasteiger charge is -2.36. The Kier molecular flexibility index (Phi) is 4.82. The van der Waals surface area contributed by atoms with Gasteiger partial charge in [-0.25, -0.2) is 0 Å². The van der Waals surface area contributed by atoms with Gasteiger partial charge in [0.25, 0.3) is 0 Å². The fourth-order valence-corrected chi connectivity index (χ4v) is 2.46. The number of nitrogen functional groups attached to an aromatic ring is 1. The quantitative estimate of drug-likeness (QED) is 0.867. The summed E-state index contributed by atoms with van der Waals surface area (Å²) in [6.07, 6.45) is -4.14. The first kappa shape index (κ1) is 15.8. The summed E-state index contributed by atoms with van der Waals surface area (Å²) in [6, 6.07) is 5.44. The van der Waals surface area contributed by atoms with Gasteiger partial charge in [-0.15, -0.1) is 0 Å². The summed E-state index contributed by atoms with van der Waals surface area (Å²) in [5.74, 6) is 0.685. The summed E-state index contributed by atoms with van der Waals surface area (Å²) in [5.41, 5.74) is 7.33. The highest BCUT2D eigenvalue weighted by Gasteiger charge is 2.32. The molecule has 118 valence electrons. The number of nitrogens with two attached hydrogens (primary N) is 1. The highest BCUT2D eigenvalue weighted by Crippen LogP contribution is 2.27. The molecular weight excluding hydrogens is 283 g/mol. The second-order valence-electron chi connectivity index (χ2n) is 5.07. The van der Waals surface area contributed by atoms with Crippen LogP contribution in [0.5, 0.6) is 5.75 Å². The molecule has 0 aromatic heterocycles. The third kappa shape index (κ3) is 4.70. The van der Waals surface area contributed by atoms with E-state index in [1.165, 1.54) is 4.90 Å². The molecule has 7 heteroatoms. The van der Waals surface area contributed by atoms with Crippen molar-refractivity contribution in [1.29, 1.82) is 0 Å². The number of benzene rings is 1. The van der Waals surface area contributed by atoms with Crippen LogP contribution in [-0.4, -0.2) is 50.4 Å². The molecule has 1 aromatic carbocycles. The van der Waals surface area contributed by atoms with Crippen LogP contribution in [0.4, 0.5) is 24.5 Å². The van der Waals surface area contributed by atoms with Gasteiger partial charge in [-0.3, -0.25) is 4.90 Å². The lowest BCUT2D eigenvalue weighted by atomic mass is 10.2. The summed E-state index contributed by atoms with van der Waals surface area (Å²) in [6.45, 7) is 3.45. The van der Waals surface area contributed by atoms with E-state index < -0.39 is 12.7 Å². The average molecular weight is 303 g/mol. The SMILES string of the molecule is CCOc1cc(N)cc(N2CCN(CC(F)(F)F)CC2)c1. The molecule has 1 saturated heterocycles. The second kappa shape index (κ2) is 6.43. The molecule has 2 N–H and O–H groups in total. The summed E-state index contributed by atoms with van der Waals surface area (Å²) in [4.78, 5) is 3.46. The zero-order valence-corrected chi connectivity index (χ0v) is 12.0. The molecule has 0 unspecified atom stereocenters. The molecule has 0 bridgehead atoms. The van der Waals surface area contributed by atoms with E-state index in [1.807, 2.05) is 24.0 Å². The number of anilines is 2. The van der Waals surface area contributed by atoms with Gasteiger partial charge in [-0.05, 0) is 13.0 Å². The van der Waals surface area contributed by atoms with Crippen LogP contribution in [0, 0.1) is 0 Å². The van der Waals surface area contributed by atoms with Crippen molar-refractivity contribution in [3.05, 3.63) is 18.2 Å². The first-order chi connectivity index (χ1) is 9.87. The molecule has 1 aliphatic rings. The Hall–Kier alpha value is -1.63. The molecule has 1 fully saturated rings. The first-order valence-electron chi connectivity index (χ1n) is 6.95. The lowest BCUT2D eigenvalue weighted by Crippen LogP contribution is -2.49. The maximum Gasteiger partial charge on any atom is 0.401 e.